The van der Waals surface area contributed by atoms with Gasteiger partial charge in [0.2, 0.25) is 0 Å². The van der Waals surface area contributed by atoms with Gasteiger partial charge in [-0.3, -0.25) is 0 Å². The Balaban J connectivity index is 1.91. The Morgan fingerprint density at radius 3 is 2.42 bits per heavy atom. The van der Waals surface area contributed by atoms with Crippen molar-refractivity contribution in [1.82, 2.24) is 5.32 Å². The zero-order valence-electron chi connectivity index (χ0n) is 11.0. The van der Waals surface area contributed by atoms with Gasteiger partial charge in [-0.25, -0.2) is 0 Å². The van der Waals surface area contributed by atoms with E-state index in [0.717, 1.165) is 12.2 Å². The molecule has 1 unspecified atom stereocenters. The van der Waals surface area contributed by atoms with Gasteiger partial charge < -0.3 is 5.32 Å². The first-order chi connectivity index (χ1) is 9.29. The molecule has 100 valence electrons. The quantitative estimate of drug-likeness (QED) is 0.786. The van der Waals surface area contributed by atoms with Crippen molar-refractivity contribution in [3.8, 4) is 0 Å². The summed E-state index contributed by atoms with van der Waals surface area (Å²) >= 11 is 5.48. The smallest absolute Gasteiger partial charge is 0.0311 e. The average Bonchev–Trinajstić information content (AvgIpc) is 2.46. The zero-order chi connectivity index (χ0) is 13.5. The van der Waals surface area contributed by atoms with E-state index in [-0.39, 0.29) is 0 Å². The van der Waals surface area contributed by atoms with Crippen molar-refractivity contribution in [1.29, 1.82) is 0 Å². The third kappa shape index (κ3) is 4.68. The van der Waals surface area contributed by atoms with Crippen LogP contribution >= 0.6 is 27.7 Å². The minimum absolute atomic E-state index is 0.486. The standard InChI is InChI=1S/C16H18BrNS/c1-18-14(11-13-7-3-2-4-8-13)12-19-16-10-6-5-9-15(16)17/h2-10,14,18H,11-12H2,1H3. The molecule has 0 aliphatic rings. The summed E-state index contributed by atoms with van der Waals surface area (Å²) in [5.41, 5.74) is 1.38. The minimum Gasteiger partial charge on any atom is -0.316 e. The lowest BCUT2D eigenvalue weighted by molar-refractivity contribution is 0.617. The van der Waals surface area contributed by atoms with Gasteiger partial charge in [0.15, 0.2) is 0 Å². The van der Waals surface area contributed by atoms with Gasteiger partial charge >= 0.3 is 0 Å². The Labute approximate surface area is 127 Å². The monoisotopic (exact) mass is 335 g/mol. The summed E-state index contributed by atoms with van der Waals surface area (Å²) in [5.74, 6) is 1.06. The third-order valence-electron chi connectivity index (χ3n) is 3.01. The molecule has 0 amide bonds. The maximum Gasteiger partial charge on any atom is 0.0311 e. The fraction of sp³-hybridized carbons (Fsp3) is 0.250. The molecule has 0 aromatic heterocycles. The number of nitrogens with one attached hydrogen (secondary N) is 1. The van der Waals surface area contributed by atoms with Crippen LogP contribution in [-0.2, 0) is 6.42 Å². The second-order valence-electron chi connectivity index (χ2n) is 4.42. The van der Waals surface area contributed by atoms with Gasteiger partial charge in [0, 0.05) is 21.2 Å². The molecule has 0 spiro atoms. The SMILES string of the molecule is CNC(CSc1ccccc1Br)Cc1ccccc1. The Morgan fingerprint density at radius 1 is 1.05 bits per heavy atom. The molecule has 2 aromatic rings. The lowest BCUT2D eigenvalue weighted by atomic mass is 10.1. The van der Waals surface area contributed by atoms with Crippen LogP contribution in [-0.4, -0.2) is 18.8 Å². The minimum atomic E-state index is 0.486. The first-order valence-corrected chi connectivity index (χ1v) is 8.16. The molecular formula is C16H18BrNS. The van der Waals surface area contributed by atoms with E-state index < -0.39 is 0 Å². The Kier molecular flexibility index (Phi) is 5.95. The molecule has 1 atom stereocenters. The largest absolute Gasteiger partial charge is 0.316 e. The molecule has 1 nitrogen and oxygen atoms in total. The summed E-state index contributed by atoms with van der Waals surface area (Å²) < 4.78 is 1.18. The van der Waals surface area contributed by atoms with Crippen LogP contribution in [0.3, 0.4) is 0 Å². The molecule has 0 saturated heterocycles. The fourth-order valence-corrected chi connectivity index (χ4v) is 3.57. The van der Waals surface area contributed by atoms with Crippen molar-refractivity contribution in [2.45, 2.75) is 17.4 Å². The molecule has 0 heterocycles. The molecule has 19 heavy (non-hydrogen) atoms. The van der Waals surface area contributed by atoms with Crippen LogP contribution in [0.1, 0.15) is 5.56 Å². The van der Waals surface area contributed by atoms with Crippen LogP contribution in [0.15, 0.2) is 64.0 Å². The lowest BCUT2D eigenvalue weighted by Crippen LogP contribution is -2.30. The van der Waals surface area contributed by atoms with Crippen molar-refractivity contribution < 1.29 is 0 Å². The van der Waals surface area contributed by atoms with Gasteiger partial charge in [0.25, 0.3) is 0 Å². The third-order valence-corrected chi connectivity index (χ3v) is 5.20. The number of hydrogen-bond acceptors (Lipinski definition) is 2. The molecule has 0 radical (unpaired) electrons. The summed E-state index contributed by atoms with van der Waals surface area (Å²) in [4.78, 5) is 1.30. The highest BCUT2D eigenvalue weighted by Crippen LogP contribution is 2.27. The number of halogens is 1. The average molecular weight is 336 g/mol. The van der Waals surface area contributed by atoms with E-state index in [4.69, 9.17) is 0 Å². The zero-order valence-corrected chi connectivity index (χ0v) is 13.4. The normalized spacial score (nSPS) is 12.3. The second-order valence-corrected chi connectivity index (χ2v) is 6.33. The Morgan fingerprint density at radius 2 is 1.74 bits per heavy atom. The Bertz CT molecular complexity index is 501. The predicted molar refractivity (Wildman–Crippen MR) is 87.9 cm³/mol. The van der Waals surface area contributed by atoms with Crippen molar-refractivity contribution in [2.75, 3.05) is 12.8 Å². The fourth-order valence-electron chi connectivity index (χ4n) is 1.90. The van der Waals surface area contributed by atoms with Crippen LogP contribution in [0.25, 0.3) is 0 Å². The maximum atomic E-state index is 3.59. The van der Waals surface area contributed by atoms with E-state index in [1.165, 1.54) is 14.9 Å². The van der Waals surface area contributed by atoms with Gasteiger partial charge in [-0.1, -0.05) is 42.5 Å². The summed E-state index contributed by atoms with van der Waals surface area (Å²) in [5, 5.41) is 3.40. The number of benzene rings is 2. The van der Waals surface area contributed by atoms with Crippen molar-refractivity contribution in [2.24, 2.45) is 0 Å². The summed E-state index contributed by atoms with van der Waals surface area (Å²) in [6.45, 7) is 0. The Hall–Kier alpha value is -0.770. The molecule has 0 fully saturated rings. The number of likely N-dealkylation sites (N-methyl/N-ethyl adjacent to an activating group) is 1. The van der Waals surface area contributed by atoms with Crippen LogP contribution in [0.4, 0.5) is 0 Å². The number of hydrogen-bond donors (Lipinski definition) is 1. The highest BCUT2D eigenvalue weighted by atomic mass is 79.9. The summed E-state index contributed by atoms with van der Waals surface area (Å²) in [7, 11) is 2.04. The highest BCUT2D eigenvalue weighted by molar-refractivity contribution is 9.10. The molecule has 2 rings (SSSR count). The van der Waals surface area contributed by atoms with Crippen molar-refractivity contribution in [3.63, 3.8) is 0 Å². The summed E-state index contributed by atoms with van der Waals surface area (Å²) in [6.07, 6.45) is 1.06. The van der Waals surface area contributed by atoms with Crippen LogP contribution < -0.4 is 5.32 Å². The first-order valence-electron chi connectivity index (χ1n) is 6.38. The molecule has 3 heteroatoms. The van der Waals surface area contributed by atoms with Crippen LogP contribution in [0, 0.1) is 0 Å². The molecular weight excluding hydrogens is 318 g/mol. The van der Waals surface area contributed by atoms with Crippen molar-refractivity contribution in [3.05, 3.63) is 64.6 Å². The van der Waals surface area contributed by atoms with Gasteiger partial charge in [0.05, 0.1) is 0 Å². The lowest BCUT2D eigenvalue weighted by Gasteiger charge is -2.16. The topological polar surface area (TPSA) is 12.0 Å². The van der Waals surface area contributed by atoms with Gasteiger partial charge in [0.1, 0.15) is 0 Å². The molecule has 0 aliphatic heterocycles. The maximum absolute atomic E-state index is 3.59. The number of thioether (sulfide) groups is 1. The number of rotatable bonds is 6. The molecule has 0 bridgehead atoms. The molecule has 0 saturated carbocycles. The van der Waals surface area contributed by atoms with Crippen LogP contribution in [0.5, 0.6) is 0 Å². The van der Waals surface area contributed by atoms with Gasteiger partial charge in [-0.15, -0.1) is 11.8 Å². The van der Waals surface area contributed by atoms with E-state index in [9.17, 15) is 0 Å². The van der Waals surface area contributed by atoms with E-state index in [1.807, 2.05) is 24.9 Å². The summed E-state index contributed by atoms with van der Waals surface area (Å²) in [6, 6.07) is 19.5. The molecule has 2 aromatic carbocycles. The van der Waals surface area contributed by atoms with Crippen LogP contribution in [0.2, 0.25) is 0 Å². The van der Waals surface area contributed by atoms with Gasteiger partial charge in [-0.05, 0) is 47.1 Å². The molecule has 0 aliphatic carbocycles. The first kappa shape index (κ1) is 14.6. The predicted octanol–water partition coefficient (Wildman–Crippen LogP) is 4.37. The van der Waals surface area contributed by atoms with Crippen molar-refractivity contribution >= 4 is 27.7 Å². The van der Waals surface area contributed by atoms with E-state index in [0.29, 0.717) is 6.04 Å². The molecule has 1 N–H and O–H groups in total. The van der Waals surface area contributed by atoms with E-state index in [2.05, 4.69) is 69.8 Å². The van der Waals surface area contributed by atoms with Gasteiger partial charge in [-0.2, -0.15) is 0 Å². The van der Waals surface area contributed by atoms with E-state index >= 15 is 0 Å². The second kappa shape index (κ2) is 7.73. The highest BCUT2D eigenvalue weighted by Gasteiger charge is 2.09. The van der Waals surface area contributed by atoms with E-state index in [1.54, 1.807) is 0 Å².